The fraction of sp³-hybridized carbons (Fsp3) is 0.276. The van der Waals surface area contributed by atoms with Crippen molar-refractivity contribution in [2.24, 2.45) is 0 Å². The number of rotatable bonds is 11. The van der Waals surface area contributed by atoms with Crippen LogP contribution in [0.25, 0.3) is 22.2 Å². The molecule has 0 radical (unpaired) electrons. The van der Waals surface area contributed by atoms with Gasteiger partial charge in [0.1, 0.15) is 12.1 Å². The van der Waals surface area contributed by atoms with Gasteiger partial charge in [-0.25, -0.2) is 9.97 Å². The molecule has 3 N–H and O–H groups in total. The van der Waals surface area contributed by atoms with Gasteiger partial charge in [0.15, 0.2) is 0 Å². The second kappa shape index (κ2) is 12.7. The van der Waals surface area contributed by atoms with E-state index < -0.39 is 0 Å². The minimum atomic E-state index is -0.130. The van der Waals surface area contributed by atoms with E-state index in [4.69, 9.17) is 0 Å². The molecule has 0 aliphatic heterocycles. The van der Waals surface area contributed by atoms with Crippen LogP contribution in [-0.4, -0.2) is 72.4 Å². The smallest absolute Gasteiger partial charge is 0.251 e. The first-order valence-corrected chi connectivity index (χ1v) is 12.6. The van der Waals surface area contributed by atoms with Crippen LogP contribution in [0, 0.1) is 0 Å². The highest BCUT2D eigenvalue weighted by molar-refractivity contribution is 6.06. The molecule has 2 aromatic carbocycles. The Morgan fingerprint density at radius 3 is 2.50 bits per heavy atom. The predicted molar refractivity (Wildman–Crippen MR) is 150 cm³/mol. The maximum absolute atomic E-state index is 12.4. The van der Waals surface area contributed by atoms with Gasteiger partial charge in [0.05, 0.1) is 16.8 Å². The minimum Gasteiger partial charge on any atom is -0.370 e. The van der Waals surface area contributed by atoms with Crippen molar-refractivity contribution >= 4 is 28.5 Å². The van der Waals surface area contributed by atoms with Gasteiger partial charge in [0, 0.05) is 48.9 Å². The molecule has 0 fully saturated rings. The van der Waals surface area contributed by atoms with Crippen molar-refractivity contribution in [1.82, 2.24) is 30.5 Å². The molecule has 0 aliphatic carbocycles. The maximum Gasteiger partial charge on any atom is 0.251 e. The van der Waals surface area contributed by atoms with Crippen LogP contribution in [-0.2, 0) is 6.42 Å². The SMILES string of the molecule is CNC(=O)c1ccnc2c(CCNc3cc(-c4ccc(C(=O)NCCCN(C)C)cc4)ncn3)cccc12. The summed E-state index contributed by atoms with van der Waals surface area (Å²) >= 11 is 0. The molecule has 0 spiro atoms. The van der Waals surface area contributed by atoms with E-state index in [-0.39, 0.29) is 11.8 Å². The Kier molecular flexibility index (Phi) is 8.94. The Balaban J connectivity index is 1.37. The fourth-order valence-corrected chi connectivity index (χ4v) is 4.20. The molecule has 2 aromatic heterocycles. The second-order valence-corrected chi connectivity index (χ2v) is 9.21. The summed E-state index contributed by atoms with van der Waals surface area (Å²) in [6.07, 6.45) is 4.81. The van der Waals surface area contributed by atoms with Crippen LogP contribution in [0.15, 0.2) is 67.1 Å². The zero-order valence-corrected chi connectivity index (χ0v) is 22.0. The first kappa shape index (κ1) is 26.7. The van der Waals surface area contributed by atoms with E-state index in [1.165, 1.54) is 6.33 Å². The third-order valence-corrected chi connectivity index (χ3v) is 6.20. The van der Waals surface area contributed by atoms with Crippen molar-refractivity contribution in [2.75, 3.05) is 46.1 Å². The molecule has 4 aromatic rings. The van der Waals surface area contributed by atoms with Crippen molar-refractivity contribution in [2.45, 2.75) is 12.8 Å². The molecule has 0 atom stereocenters. The van der Waals surface area contributed by atoms with Crippen molar-refractivity contribution in [3.05, 3.63) is 83.8 Å². The highest BCUT2D eigenvalue weighted by Crippen LogP contribution is 2.22. The van der Waals surface area contributed by atoms with Crippen molar-refractivity contribution in [3.63, 3.8) is 0 Å². The molecule has 196 valence electrons. The van der Waals surface area contributed by atoms with E-state index in [1.54, 1.807) is 19.3 Å². The summed E-state index contributed by atoms with van der Waals surface area (Å²) in [5.41, 5.74) is 4.77. The van der Waals surface area contributed by atoms with E-state index in [2.05, 4.69) is 35.8 Å². The van der Waals surface area contributed by atoms with Gasteiger partial charge < -0.3 is 20.9 Å². The normalized spacial score (nSPS) is 10.9. The number of nitrogens with zero attached hydrogens (tertiary/aromatic N) is 4. The Bertz CT molecular complexity index is 1400. The summed E-state index contributed by atoms with van der Waals surface area (Å²) in [6.45, 7) is 2.21. The predicted octanol–water partition coefficient (Wildman–Crippen LogP) is 3.39. The van der Waals surface area contributed by atoms with Crippen LogP contribution in [0.5, 0.6) is 0 Å². The minimum absolute atomic E-state index is 0.0780. The zero-order valence-electron chi connectivity index (χ0n) is 22.0. The summed E-state index contributed by atoms with van der Waals surface area (Å²) in [5.74, 6) is 0.498. The summed E-state index contributed by atoms with van der Waals surface area (Å²) in [4.78, 5) is 40.0. The highest BCUT2D eigenvalue weighted by Gasteiger charge is 2.12. The van der Waals surface area contributed by atoms with Gasteiger partial charge in [-0.1, -0.05) is 30.3 Å². The summed E-state index contributed by atoms with van der Waals surface area (Å²) in [7, 11) is 5.66. The lowest BCUT2D eigenvalue weighted by Crippen LogP contribution is -2.27. The number of carbonyl (C=O) groups is 2. The maximum atomic E-state index is 12.4. The standard InChI is InChI=1S/C29H33N7O2/c1-30-29(38)24-13-16-32-27-21(6-4-7-23(24)27)12-15-31-26-18-25(34-19-35-26)20-8-10-22(11-9-20)28(37)33-14-5-17-36(2)3/h4,6-11,13,16,18-19H,5,12,14-15,17H2,1-3H3,(H,30,38)(H,33,37)(H,31,34,35). The van der Waals surface area contributed by atoms with Gasteiger partial charge in [-0.2, -0.15) is 0 Å². The number of hydrogen-bond acceptors (Lipinski definition) is 7. The lowest BCUT2D eigenvalue weighted by Gasteiger charge is -2.11. The summed E-state index contributed by atoms with van der Waals surface area (Å²) in [6, 6.07) is 16.9. The van der Waals surface area contributed by atoms with Gasteiger partial charge in [-0.15, -0.1) is 0 Å². The molecule has 9 heteroatoms. The van der Waals surface area contributed by atoms with Crippen LogP contribution in [0.4, 0.5) is 5.82 Å². The largest absolute Gasteiger partial charge is 0.370 e. The van der Waals surface area contributed by atoms with Gasteiger partial charge in [-0.3, -0.25) is 14.6 Å². The van der Waals surface area contributed by atoms with Gasteiger partial charge >= 0.3 is 0 Å². The fourth-order valence-electron chi connectivity index (χ4n) is 4.20. The van der Waals surface area contributed by atoms with Crippen LogP contribution < -0.4 is 16.0 Å². The average molecular weight is 512 g/mol. The number of amides is 2. The van der Waals surface area contributed by atoms with Crippen LogP contribution in [0.1, 0.15) is 32.7 Å². The van der Waals surface area contributed by atoms with Crippen LogP contribution in [0.3, 0.4) is 0 Å². The monoisotopic (exact) mass is 511 g/mol. The van der Waals surface area contributed by atoms with E-state index in [0.717, 1.165) is 40.7 Å². The quantitative estimate of drug-likeness (QED) is 0.265. The Labute approximate surface area is 222 Å². The Hall–Kier alpha value is -4.37. The average Bonchev–Trinajstić information content (AvgIpc) is 2.94. The second-order valence-electron chi connectivity index (χ2n) is 9.21. The number of fused-ring (bicyclic) bond motifs is 1. The molecule has 0 bridgehead atoms. The van der Waals surface area contributed by atoms with Gasteiger partial charge in [-0.05, 0) is 57.2 Å². The molecular formula is C29H33N7O2. The lowest BCUT2D eigenvalue weighted by atomic mass is 10.0. The summed E-state index contributed by atoms with van der Waals surface area (Å²) < 4.78 is 0. The first-order valence-electron chi connectivity index (χ1n) is 12.6. The highest BCUT2D eigenvalue weighted by atomic mass is 16.2. The Morgan fingerprint density at radius 1 is 0.921 bits per heavy atom. The molecule has 2 amide bonds. The van der Waals surface area contributed by atoms with E-state index in [1.807, 2.05) is 62.6 Å². The van der Waals surface area contributed by atoms with Crippen LogP contribution in [0.2, 0.25) is 0 Å². The molecule has 2 heterocycles. The number of aromatic nitrogens is 3. The molecular weight excluding hydrogens is 478 g/mol. The number of anilines is 1. The van der Waals surface area contributed by atoms with Crippen molar-refractivity contribution in [3.8, 4) is 11.3 Å². The first-order chi connectivity index (χ1) is 18.5. The van der Waals surface area contributed by atoms with E-state index in [0.29, 0.717) is 36.5 Å². The third-order valence-electron chi connectivity index (χ3n) is 6.20. The van der Waals surface area contributed by atoms with Gasteiger partial charge in [0.25, 0.3) is 11.8 Å². The van der Waals surface area contributed by atoms with Crippen molar-refractivity contribution in [1.29, 1.82) is 0 Å². The molecule has 38 heavy (non-hydrogen) atoms. The Morgan fingerprint density at radius 2 is 1.74 bits per heavy atom. The number of nitrogens with one attached hydrogen (secondary N) is 3. The molecule has 0 unspecified atom stereocenters. The molecule has 0 aliphatic rings. The molecule has 4 rings (SSSR count). The topological polar surface area (TPSA) is 112 Å². The van der Waals surface area contributed by atoms with E-state index >= 15 is 0 Å². The molecule has 0 saturated heterocycles. The van der Waals surface area contributed by atoms with Crippen molar-refractivity contribution < 1.29 is 9.59 Å². The zero-order chi connectivity index (χ0) is 26.9. The third kappa shape index (κ3) is 6.68. The number of hydrogen-bond donors (Lipinski definition) is 3. The lowest BCUT2D eigenvalue weighted by molar-refractivity contribution is 0.0948. The number of pyridine rings is 1. The van der Waals surface area contributed by atoms with Gasteiger partial charge in [0.2, 0.25) is 0 Å². The molecule has 9 nitrogen and oxygen atoms in total. The number of para-hydroxylation sites is 1. The van der Waals surface area contributed by atoms with Crippen LogP contribution >= 0.6 is 0 Å². The number of carbonyl (C=O) groups excluding carboxylic acids is 2. The summed E-state index contributed by atoms with van der Waals surface area (Å²) in [5, 5.41) is 9.83. The number of benzene rings is 2. The molecule has 0 saturated carbocycles. The van der Waals surface area contributed by atoms with E-state index in [9.17, 15) is 9.59 Å².